The predicted octanol–water partition coefficient (Wildman–Crippen LogP) is 2.56. The molecule has 7 nitrogen and oxygen atoms in total. The summed E-state index contributed by atoms with van der Waals surface area (Å²) in [4.78, 5) is 4.47. The number of methoxy groups -OCH3 is 2. The van der Waals surface area contributed by atoms with Gasteiger partial charge in [0.25, 0.3) is 0 Å². The highest BCUT2D eigenvalue weighted by atomic mass is 16.5. The molecular formula is C22H27N3O4. The lowest BCUT2D eigenvalue weighted by molar-refractivity contribution is 0.104. The Morgan fingerprint density at radius 2 is 1.72 bits per heavy atom. The Morgan fingerprint density at radius 1 is 1.03 bits per heavy atom. The van der Waals surface area contributed by atoms with Crippen molar-refractivity contribution in [3.05, 3.63) is 72.3 Å². The molecule has 2 aromatic carbocycles. The van der Waals surface area contributed by atoms with Crippen molar-refractivity contribution in [1.29, 1.82) is 0 Å². The molecule has 0 aliphatic rings. The maximum Gasteiger partial charge on any atom is 0.130 e. The van der Waals surface area contributed by atoms with Crippen LogP contribution in [-0.2, 0) is 7.05 Å². The average molecular weight is 397 g/mol. The molecule has 0 bridgehead atoms. The van der Waals surface area contributed by atoms with Gasteiger partial charge < -0.3 is 29.2 Å². The van der Waals surface area contributed by atoms with E-state index in [1.165, 1.54) is 0 Å². The number of hydrogen-bond donors (Lipinski definition) is 2. The second-order valence-corrected chi connectivity index (χ2v) is 6.66. The van der Waals surface area contributed by atoms with Crippen LogP contribution in [0.2, 0.25) is 0 Å². The number of imidazole rings is 1. The largest absolute Gasteiger partial charge is 0.497 e. The van der Waals surface area contributed by atoms with Gasteiger partial charge in [0.05, 0.1) is 20.3 Å². The Morgan fingerprint density at radius 3 is 2.41 bits per heavy atom. The zero-order valence-corrected chi connectivity index (χ0v) is 16.9. The van der Waals surface area contributed by atoms with Crippen LogP contribution in [-0.4, -0.2) is 48.1 Å². The number of ether oxygens (including phenoxy) is 3. The number of aliphatic hydroxyl groups excluding tert-OH is 1. The van der Waals surface area contributed by atoms with Gasteiger partial charge in [-0.05, 0) is 29.8 Å². The smallest absolute Gasteiger partial charge is 0.130 e. The van der Waals surface area contributed by atoms with E-state index in [9.17, 15) is 5.11 Å². The fourth-order valence-corrected chi connectivity index (χ4v) is 3.03. The van der Waals surface area contributed by atoms with Gasteiger partial charge >= 0.3 is 0 Å². The molecule has 3 rings (SSSR count). The standard InChI is InChI=1S/C22H27N3O4/c1-25-11-10-23-22(25)21(16-6-4-7-18(12-16)27-2)24-14-17(26)15-29-20-9-5-8-19(13-20)28-3/h4-13,17,21,24,26H,14-15H2,1-3H3. The lowest BCUT2D eigenvalue weighted by Gasteiger charge is -2.22. The number of nitrogens with zero attached hydrogens (tertiary/aromatic N) is 2. The number of hydrogen-bond acceptors (Lipinski definition) is 6. The van der Waals surface area contributed by atoms with E-state index in [4.69, 9.17) is 14.2 Å². The Balaban J connectivity index is 1.65. The first-order valence-corrected chi connectivity index (χ1v) is 9.40. The first kappa shape index (κ1) is 20.7. The third-order valence-corrected chi connectivity index (χ3v) is 4.58. The molecule has 0 spiro atoms. The molecule has 2 unspecified atom stereocenters. The second-order valence-electron chi connectivity index (χ2n) is 6.66. The number of aromatic nitrogens is 2. The Labute approximate surface area is 170 Å². The average Bonchev–Trinajstić information content (AvgIpc) is 3.18. The van der Waals surface area contributed by atoms with Crippen LogP contribution in [0.5, 0.6) is 17.2 Å². The van der Waals surface area contributed by atoms with Crippen LogP contribution in [0.1, 0.15) is 17.4 Å². The number of rotatable bonds is 10. The zero-order valence-electron chi connectivity index (χ0n) is 16.9. The van der Waals surface area contributed by atoms with E-state index in [0.29, 0.717) is 18.0 Å². The lowest BCUT2D eigenvalue weighted by Crippen LogP contribution is -2.35. The molecule has 1 aromatic heterocycles. The molecule has 3 aromatic rings. The summed E-state index contributed by atoms with van der Waals surface area (Å²) in [6.07, 6.45) is 2.95. The first-order valence-electron chi connectivity index (χ1n) is 9.40. The minimum atomic E-state index is -0.699. The van der Waals surface area contributed by atoms with Gasteiger partial charge in [0.2, 0.25) is 0 Å². The lowest BCUT2D eigenvalue weighted by atomic mass is 10.1. The van der Waals surface area contributed by atoms with Crippen molar-refractivity contribution in [2.45, 2.75) is 12.1 Å². The van der Waals surface area contributed by atoms with Gasteiger partial charge in [-0.2, -0.15) is 0 Å². The van der Waals surface area contributed by atoms with Crippen LogP contribution in [0.3, 0.4) is 0 Å². The summed E-state index contributed by atoms with van der Waals surface area (Å²) in [7, 11) is 5.19. The third kappa shape index (κ3) is 5.49. The van der Waals surface area contributed by atoms with Gasteiger partial charge in [-0.3, -0.25) is 0 Å². The number of aliphatic hydroxyl groups is 1. The van der Waals surface area contributed by atoms with Crippen LogP contribution in [0.15, 0.2) is 60.9 Å². The summed E-state index contributed by atoms with van der Waals surface area (Å²) in [6, 6.07) is 14.9. The first-order chi connectivity index (χ1) is 14.1. The molecular weight excluding hydrogens is 370 g/mol. The van der Waals surface area contributed by atoms with Crippen molar-refractivity contribution in [3.63, 3.8) is 0 Å². The van der Waals surface area contributed by atoms with Gasteiger partial charge in [0.1, 0.15) is 35.8 Å². The predicted molar refractivity (Wildman–Crippen MR) is 111 cm³/mol. The van der Waals surface area contributed by atoms with Gasteiger partial charge in [0, 0.05) is 32.1 Å². The van der Waals surface area contributed by atoms with Crippen molar-refractivity contribution in [1.82, 2.24) is 14.9 Å². The normalized spacial score (nSPS) is 13.0. The summed E-state index contributed by atoms with van der Waals surface area (Å²) < 4.78 is 18.2. The molecule has 154 valence electrons. The van der Waals surface area contributed by atoms with Crippen LogP contribution in [0.25, 0.3) is 0 Å². The highest BCUT2D eigenvalue weighted by Crippen LogP contribution is 2.24. The Kier molecular flexibility index (Phi) is 7.10. The number of benzene rings is 2. The van der Waals surface area contributed by atoms with Crippen molar-refractivity contribution in [2.75, 3.05) is 27.4 Å². The molecule has 29 heavy (non-hydrogen) atoms. The highest BCUT2D eigenvalue weighted by molar-refractivity contribution is 5.34. The van der Waals surface area contributed by atoms with Gasteiger partial charge in [-0.15, -0.1) is 0 Å². The molecule has 0 saturated heterocycles. The molecule has 0 radical (unpaired) electrons. The summed E-state index contributed by atoms with van der Waals surface area (Å²) >= 11 is 0. The molecule has 7 heteroatoms. The van der Waals surface area contributed by atoms with Crippen LogP contribution < -0.4 is 19.5 Å². The maximum atomic E-state index is 10.4. The third-order valence-electron chi connectivity index (χ3n) is 4.58. The molecule has 2 N–H and O–H groups in total. The molecule has 0 saturated carbocycles. The van der Waals surface area contributed by atoms with Gasteiger partial charge in [-0.25, -0.2) is 4.98 Å². The summed E-state index contributed by atoms with van der Waals surface area (Å²) in [5, 5.41) is 13.8. The minimum Gasteiger partial charge on any atom is -0.497 e. The van der Waals surface area contributed by atoms with E-state index in [1.54, 1.807) is 26.5 Å². The fraction of sp³-hybridized carbons (Fsp3) is 0.318. The molecule has 1 heterocycles. The van der Waals surface area contributed by atoms with Gasteiger partial charge in [0.15, 0.2) is 0 Å². The van der Waals surface area contributed by atoms with Crippen molar-refractivity contribution in [3.8, 4) is 17.2 Å². The van der Waals surface area contributed by atoms with Crippen molar-refractivity contribution >= 4 is 0 Å². The Bertz CT molecular complexity index is 912. The van der Waals surface area contributed by atoms with E-state index in [2.05, 4.69) is 10.3 Å². The van der Waals surface area contributed by atoms with Gasteiger partial charge in [-0.1, -0.05) is 18.2 Å². The molecule has 2 atom stereocenters. The second kappa shape index (κ2) is 9.95. The van der Waals surface area contributed by atoms with Crippen molar-refractivity contribution < 1.29 is 19.3 Å². The topological polar surface area (TPSA) is 77.8 Å². The van der Waals surface area contributed by atoms with Crippen LogP contribution in [0, 0.1) is 0 Å². The highest BCUT2D eigenvalue weighted by Gasteiger charge is 2.20. The van der Waals surface area contributed by atoms with Crippen LogP contribution >= 0.6 is 0 Å². The van der Waals surface area contributed by atoms with Crippen LogP contribution in [0.4, 0.5) is 0 Å². The minimum absolute atomic E-state index is 0.158. The summed E-state index contributed by atoms with van der Waals surface area (Å²) in [5.74, 6) is 2.98. The summed E-state index contributed by atoms with van der Waals surface area (Å²) in [6.45, 7) is 0.490. The number of aryl methyl sites for hydroxylation is 1. The SMILES string of the molecule is COc1cccc(OCC(O)CNC(c2cccc(OC)c2)c2nccn2C)c1. The molecule has 0 aliphatic carbocycles. The zero-order chi connectivity index (χ0) is 20.6. The molecule has 0 amide bonds. The number of nitrogens with one attached hydrogen (secondary N) is 1. The van der Waals surface area contributed by atoms with E-state index in [0.717, 1.165) is 17.1 Å². The maximum absolute atomic E-state index is 10.4. The van der Waals surface area contributed by atoms with E-state index >= 15 is 0 Å². The Hall–Kier alpha value is -3.03. The molecule has 0 fully saturated rings. The van der Waals surface area contributed by atoms with E-state index < -0.39 is 6.10 Å². The quantitative estimate of drug-likeness (QED) is 0.548. The fourth-order valence-electron chi connectivity index (χ4n) is 3.03. The van der Waals surface area contributed by atoms with Crippen molar-refractivity contribution in [2.24, 2.45) is 7.05 Å². The van der Waals surface area contributed by atoms with E-state index in [-0.39, 0.29) is 12.6 Å². The monoisotopic (exact) mass is 397 g/mol. The van der Waals surface area contributed by atoms with E-state index in [1.807, 2.05) is 60.3 Å². The molecule has 0 aliphatic heterocycles. The summed E-state index contributed by atoms with van der Waals surface area (Å²) in [5.41, 5.74) is 1.000.